The first-order valence-electron chi connectivity index (χ1n) is 9.18. The molecule has 0 saturated carbocycles. The van der Waals surface area contributed by atoms with E-state index in [0.29, 0.717) is 23.5 Å². The van der Waals surface area contributed by atoms with Gasteiger partial charge in [-0.2, -0.15) is 5.26 Å². The number of benzene rings is 2. The van der Waals surface area contributed by atoms with E-state index >= 15 is 0 Å². The van der Waals surface area contributed by atoms with Gasteiger partial charge in [0.15, 0.2) is 5.78 Å². The number of hydrogen-bond donors (Lipinski definition) is 0. The number of carbonyl (C=O) groups excluding carboxylic acids is 2. The second kappa shape index (κ2) is 10.1. The Morgan fingerprint density at radius 3 is 2.38 bits per heavy atom. The van der Waals surface area contributed by atoms with Crippen LogP contribution in [0.1, 0.15) is 35.3 Å². The number of rotatable bonds is 8. The van der Waals surface area contributed by atoms with Gasteiger partial charge in [-0.05, 0) is 55.8 Å². The molecule has 2 aromatic rings. The fourth-order valence-corrected chi connectivity index (χ4v) is 2.60. The molecule has 150 valence electrons. The molecular formula is C23H24N2O4. The maximum absolute atomic E-state index is 12.4. The standard InChI is InChI=1S/C23H24N2O4/c1-5-28-22-11-8-18(16(2)26)13-20(22)15-29-23(27)19(14-24)12-17-6-9-21(10-7-17)25(3)4/h6-13H,5,15H2,1-4H3/b19-12+. The van der Waals surface area contributed by atoms with E-state index in [-0.39, 0.29) is 18.0 Å². The second-order valence-corrected chi connectivity index (χ2v) is 6.54. The third-order valence-electron chi connectivity index (χ3n) is 4.19. The molecule has 2 aromatic carbocycles. The first-order chi connectivity index (χ1) is 13.8. The van der Waals surface area contributed by atoms with Crippen molar-refractivity contribution in [1.82, 2.24) is 0 Å². The Bertz CT molecular complexity index is 954. The summed E-state index contributed by atoms with van der Waals surface area (Å²) >= 11 is 0. The van der Waals surface area contributed by atoms with Crippen molar-refractivity contribution in [2.75, 3.05) is 25.6 Å². The number of hydrogen-bond acceptors (Lipinski definition) is 6. The fourth-order valence-electron chi connectivity index (χ4n) is 2.60. The van der Waals surface area contributed by atoms with Crippen molar-refractivity contribution in [3.63, 3.8) is 0 Å². The quantitative estimate of drug-likeness (QED) is 0.292. The van der Waals surface area contributed by atoms with Crippen LogP contribution in [-0.2, 0) is 16.1 Å². The van der Waals surface area contributed by atoms with Crippen molar-refractivity contribution in [3.8, 4) is 11.8 Å². The first-order valence-corrected chi connectivity index (χ1v) is 9.18. The van der Waals surface area contributed by atoms with Crippen LogP contribution in [0.5, 0.6) is 5.75 Å². The Kier molecular flexibility index (Phi) is 7.55. The summed E-state index contributed by atoms with van der Waals surface area (Å²) < 4.78 is 10.8. The van der Waals surface area contributed by atoms with Crippen LogP contribution in [0.25, 0.3) is 6.08 Å². The summed E-state index contributed by atoms with van der Waals surface area (Å²) in [7, 11) is 3.86. The molecule has 0 spiro atoms. The van der Waals surface area contributed by atoms with Crippen molar-refractivity contribution in [1.29, 1.82) is 5.26 Å². The van der Waals surface area contributed by atoms with Gasteiger partial charge in [-0.25, -0.2) is 4.79 Å². The summed E-state index contributed by atoms with van der Waals surface area (Å²) in [6, 6.07) is 14.3. The molecule has 0 N–H and O–H groups in total. The highest BCUT2D eigenvalue weighted by molar-refractivity contribution is 5.98. The van der Waals surface area contributed by atoms with Crippen LogP contribution < -0.4 is 9.64 Å². The van der Waals surface area contributed by atoms with E-state index < -0.39 is 5.97 Å². The number of nitriles is 1. The number of anilines is 1. The Labute approximate surface area is 171 Å². The van der Waals surface area contributed by atoms with Gasteiger partial charge in [0.2, 0.25) is 0 Å². The van der Waals surface area contributed by atoms with Crippen molar-refractivity contribution in [2.45, 2.75) is 20.5 Å². The summed E-state index contributed by atoms with van der Waals surface area (Å²) in [4.78, 5) is 26.0. The predicted molar refractivity (Wildman–Crippen MR) is 112 cm³/mol. The van der Waals surface area contributed by atoms with E-state index in [1.54, 1.807) is 18.2 Å². The van der Waals surface area contributed by atoms with Crippen molar-refractivity contribution in [2.24, 2.45) is 0 Å². The summed E-state index contributed by atoms with van der Waals surface area (Å²) in [5.41, 5.74) is 2.69. The van der Waals surface area contributed by atoms with Crippen LogP contribution >= 0.6 is 0 Å². The average Bonchev–Trinajstić information content (AvgIpc) is 2.71. The highest BCUT2D eigenvalue weighted by atomic mass is 16.5. The summed E-state index contributed by atoms with van der Waals surface area (Å²) in [5.74, 6) is -0.300. The molecule has 0 atom stereocenters. The topological polar surface area (TPSA) is 79.6 Å². The van der Waals surface area contributed by atoms with Gasteiger partial charge >= 0.3 is 5.97 Å². The number of esters is 1. The van der Waals surface area contributed by atoms with Gasteiger partial charge in [0.1, 0.15) is 24.0 Å². The molecule has 0 unspecified atom stereocenters. The third kappa shape index (κ3) is 5.94. The number of ether oxygens (including phenoxy) is 2. The van der Waals surface area contributed by atoms with Crippen LogP contribution in [0, 0.1) is 11.3 Å². The van der Waals surface area contributed by atoms with Crippen LogP contribution in [0.3, 0.4) is 0 Å². The normalized spacial score (nSPS) is 10.8. The molecule has 0 aliphatic heterocycles. The van der Waals surface area contributed by atoms with Crippen molar-refractivity contribution < 1.29 is 19.1 Å². The SMILES string of the molecule is CCOc1ccc(C(C)=O)cc1COC(=O)/C(C#N)=C/c1ccc(N(C)C)cc1. The number of ketones is 1. The zero-order chi connectivity index (χ0) is 21.4. The Morgan fingerprint density at radius 2 is 1.83 bits per heavy atom. The Morgan fingerprint density at radius 1 is 1.14 bits per heavy atom. The molecule has 2 rings (SSSR count). The van der Waals surface area contributed by atoms with Gasteiger partial charge < -0.3 is 14.4 Å². The highest BCUT2D eigenvalue weighted by Crippen LogP contribution is 2.22. The van der Waals surface area contributed by atoms with Crippen LogP contribution in [0.2, 0.25) is 0 Å². The molecule has 0 amide bonds. The van der Waals surface area contributed by atoms with Gasteiger partial charge in [-0.3, -0.25) is 4.79 Å². The lowest BCUT2D eigenvalue weighted by Gasteiger charge is -2.12. The maximum atomic E-state index is 12.4. The first kappa shape index (κ1) is 21.7. The molecule has 0 aromatic heterocycles. The van der Waals surface area contributed by atoms with Gasteiger partial charge in [0, 0.05) is 30.9 Å². The van der Waals surface area contributed by atoms with Crippen molar-refractivity contribution in [3.05, 3.63) is 64.7 Å². The van der Waals surface area contributed by atoms with Gasteiger partial charge in [0.25, 0.3) is 0 Å². The van der Waals surface area contributed by atoms with Crippen LogP contribution in [-0.4, -0.2) is 32.5 Å². The summed E-state index contributed by atoms with van der Waals surface area (Å²) in [6.45, 7) is 3.64. The van der Waals surface area contributed by atoms with Gasteiger partial charge in [-0.1, -0.05) is 12.1 Å². The van der Waals surface area contributed by atoms with E-state index in [0.717, 1.165) is 11.3 Å². The third-order valence-corrected chi connectivity index (χ3v) is 4.19. The minimum absolute atomic E-state index is 0.0978. The lowest BCUT2D eigenvalue weighted by molar-refractivity contribution is -0.139. The van der Waals surface area contributed by atoms with E-state index in [2.05, 4.69) is 0 Å². The summed E-state index contributed by atoms with van der Waals surface area (Å²) in [6.07, 6.45) is 1.48. The second-order valence-electron chi connectivity index (χ2n) is 6.54. The molecule has 29 heavy (non-hydrogen) atoms. The van der Waals surface area contributed by atoms with Crippen LogP contribution in [0.15, 0.2) is 48.0 Å². The monoisotopic (exact) mass is 392 g/mol. The predicted octanol–water partition coefficient (Wildman–Crippen LogP) is 4.00. The fraction of sp³-hybridized carbons (Fsp3) is 0.261. The molecule has 0 heterocycles. The van der Waals surface area contributed by atoms with E-state index in [9.17, 15) is 14.9 Å². The molecule has 0 aliphatic carbocycles. The van der Waals surface area contributed by atoms with E-state index in [1.807, 2.05) is 56.3 Å². The summed E-state index contributed by atoms with van der Waals surface area (Å²) in [5, 5.41) is 9.36. The van der Waals surface area contributed by atoms with Gasteiger partial charge in [0.05, 0.1) is 6.61 Å². The highest BCUT2D eigenvalue weighted by Gasteiger charge is 2.14. The molecular weight excluding hydrogens is 368 g/mol. The molecule has 0 saturated heterocycles. The molecule has 0 bridgehead atoms. The average molecular weight is 392 g/mol. The van der Waals surface area contributed by atoms with Gasteiger partial charge in [-0.15, -0.1) is 0 Å². The number of Topliss-reactive ketones (excluding diaryl/α,β-unsaturated/α-hetero) is 1. The lowest BCUT2D eigenvalue weighted by atomic mass is 10.1. The number of nitrogens with zero attached hydrogens (tertiary/aromatic N) is 2. The lowest BCUT2D eigenvalue weighted by Crippen LogP contribution is -2.09. The Balaban J connectivity index is 2.17. The zero-order valence-electron chi connectivity index (χ0n) is 17.1. The molecule has 0 radical (unpaired) electrons. The molecule has 0 aliphatic rings. The minimum Gasteiger partial charge on any atom is -0.493 e. The van der Waals surface area contributed by atoms with Crippen LogP contribution in [0.4, 0.5) is 5.69 Å². The van der Waals surface area contributed by atoms with E-state index in [4.69, 9.17) is 9.47 Å². The van der Waals surface area contributed by atoms with Crippen molar-refractivity contribution >= 4 is 23.5 Å². The molecule has 0 fully saturated rings. The zero-order valence-corrected chi connectivity index (χ0v) is 17.1. The molecule has 6 heteroatoms. The smallest absolute Gasteiger partial charge is 0.349 e. The largest absolute Gasteiger partial charge is 0.493 e. The maximum Gasteiger partial charge on any atom is 0.349 e. The minimum atomic E-state index is -0.736. The number of carbonyl (C=O) groups is 2. The van der Waals surface area contributed by atoms with E-state index in [1.165, 1.54) is 13.0 Å². The molecule has 6 nitrogen and oxygen atoms in total. The Hall–Kier alpha value is -3.59.